The van der Waals surface area contributed by atoms with Crippen LogP contribution in [0.25, 0.3) is 0 Å². The Morgan fingerprint density at radius 3 is 2.89 bits per heavy atom. The molecule has 0 fully saturated rings. The van der Waals surface area contributed by atoms with Crippen molar-refractivity contribution in [2.45, 2.75) is 45.1 Å². The summed E-state index contributed by atoms with van der Waals surface area (Å²) in [4.78, 5) is 16.1. The zero-order valence-corrected chi connectivity index (χ0v) is 11.9. The normalized spacial score (nSPS) is 16.8. The lowest BCUT2D eigenvalue weighted by Crippen LogP contribution is -2.36. The number of aliphatic hydroxyl groups excluding tert-OH is 1. The maximum atomic E-state index is 12.3. The van der Waals surface area contributed by atoms with Crippen molar-refractivity contribution in [3.8, 4) is 0 Å². The van der Waals surface area contributed by atoms with Gasteiger partial charge in [0.25, 0.3) is 5.91 Å². The van der Waals surface area contributed by atoms with Gasteiger partial charge in [-0.05, 0) is 44.2 Å². The van der Waals surface area contributed by atoms with Crippen molar-refractivity contribution in [3.63, 3.8) is 0 Å². The van der Waals surface area contributed by atoms with Gasteiger partial charge in [0.2, 0.25) is 0 Å². The largest absolute Gasteiger partial charge is 0.394 e. The lowest BCUT2D eigenvalue weighted by Gasteiger charge is -2.22. The van der Waals surface area contributed by atoms with E-state index in [0.29, 0.717) is 0 Å². The molecule has 0 radical (unpaired) electrons. The quantitative estimate of drug-likeness (QED) is 0.855. The molecule has 1 amide bonds. The highest BCUT2D eigenvalue weighted by molar-refractivity contribution is 7.14. The third-order valence-corrected chi connectivity index (χ3v) is 4.93. The summed E-state index contributed by atoms with van der Waals surface area (Å²) < 4.78 is 0. The molecule has 1 heterocycles. The Morgan fingerprint density at radius 2 is 2.17 bits per heavy atom. The third kappa shape index (κ3) is 2.75. The molecule has 100 valence electrons. The molecule has 0 aliphatic heterocycles. The van der Waals surface area contributed by atoms with Crippen molar-refractivity contribution in [1.29, 1.82) is 0 Å². The number of rotatable bonds is 3. The summed E-state index contributed by atoms with van der Waals surface area (Å²) in [6.45, 7) is 1.86. The Hall–Kier alpha value is -0.870. The molecule has 0 aromatic carbocycles. The number of carbonyl (C=O) groups excluding carboxylic acids is 1. The van der Waals surface area contributed by atoms with Gasteiger partial charge in [0.05, 0.1) is 17.5 Å². The van der Waals surface area contributed by atoms with Crippen LogP contribution in [0, 0.1) is 0 Å². The summed E-state index contributed by atoms with van der Waals surface area (Å²) in [6.07, 6.45) is 6.00. The van der Waals surface area contributed by atoms with Gasteiger partial charge in [-0.25, -0.2) is 0 Å². The molecule has 3 nitrogen and oxygen atoms in total. The SMILES string of the molecule is CC(CO)N(C)C(=O)c1cc2c(s1)CCCCC2. The summed E-state index contributed by atoms with van der Waals surface area (Å²) in [5, 5.41) is 9.11. The van der Waals surface area contributed by atoms with Gasteiger partial charge >= 0.3 is 0 Å². The highest BCUT2D eigenvalue weighted by Crippen LogP contribution is 2.29. The van der Waals surface area contributed by atoms with Crippen LogP contribution in [0.4, 0.5) is 0 Å². The first-order valence-corrected chi connectivity index (χ1v) is 7.44. The second-order valence-electron chi connectivity index (χ2n) is 5.07. The number of hydrogen-bond donors (Lipinski definition) is 1. The number of fused-ring (bicyclic) bond motifs is 1. The Bertz CT molecular complexity index is 404. The minimum atomic E-state index is -0.126. The molecular formula is C14H21NO2S. The molecule has 1 aromatic rings. The molecule has 4 heteroatoms. The van der Waals surface area contributed by atoms with Crippen LogP contribution in [0.2, 0.25) is 0 Å². The van der Waals surface area contributed by atoms with Gasteiger partial charge in [-0.2, -0.15) is 0 Å². The van der Waals surface area contributed by atoms with Crippen molar-refractivity contribution in [2.24, 2.45) is 0 Å². The molecule has 1 aliphatic rings. The van der Waals surface area contributed by atoms with Crippen LogP contribution in [0.5, 0.6) is 0 Å². The average Bonchev–Trinajstić information content (AvgIpc) is 2.67. The maximum absolute atomic E-state index is 12.3. The first-order chi connectivity index (χ1) is 8.63. The van der Waals surface area contributed by atoms with E-state index in [1.807, 2.05) is 6.92 Å². The molecule has 0 saturated heterocycles. The summed E-state index contributed by atoms with van der Waals surface area (Å²) >= 11 is 1.64. The van der Waals surface area contributed by atoms with Crippen LogP contribution in [-0.4, -0.2) is 35.6 Å². The number of aryl methyl sites for hydroxylation is 2. The highest BCUT2D eigenvalue weighted by Gasteiger charge is 2.21. The Kier molecular flexibility index (Phi) is 4.40. The van der Waals surface area contributed by atoms with Gasteiger partial charge in [-0.3, -0.25) is 4.79 Å². The van der Waals surface area contributed by atoms with E-state index in [0.717, 1.165) is 17.7 Å². The maximum Gasteiger partial charge on any atom is 0.263 e. The number of amides is 1. The van der Waals surface area contributed by atoms with Crippen molar-refractivity contribution < 1.29 is 9.90 Å². The van der Waals surface area contributed by atoms with Crippen LogP contribution in [0.3, 0.4) is 0 Å². The van der Waals surface area contributed by atoms with Crippen molar-refractivity contribution in [1.82, 2.24) is 4.90 Å². The molecule has 1 N–H and O–H groups in total. The van der Waals surface area contributed by atoms with Crippen molar-refractivity contribution in [3.05, 3.63) is 21.4 Å². The van der Waals surface area contributed by atoms with Gasteiger partial charge in [0.1, 0.15) is 0 Å². The number of aliphatic hydroxyl groups is 1. The summed E-state index contributed by atoms with van der Waals surface area (Å²) in [5.74, 6) is 0.0367. The fraction of sp³-hybridized carbons (Fsp3) is 0.643. The first-order valence-electron chi connectivity index (χ1n) is 6.63. The second kappa shape index (κ2) is 5.85. The molecule has 1 atom stereocenters. The molecule has 0 bridgehead atoms. The van der Waals surface area contributed by atoms with Crippen LogP contribution >= 0.6 is 11.3 Å². The monoisotopic (exact) mass is 267 g/mol. The third-order valence-electron chi connectivity index (χ3n) is 3.70. The lowest BCUT2D eigenvalue weighted by molar-refractivity contribution is 0.0687. The molecule has 2 rings (SSSR count). The van der Waals surface area contributed by atoms with Gasteiger partial charge in [0.15, 0.2) is 0 Å². The summed E-state index contributed by atoms with van der Waals surface area (Å²) in [5.41, 5.74) is 1.37. The molecular weight excluding hydrogens is 246 g/mol. The minimum Gasteiger partial charge on any atom is -0.394 e. The molecule has 18 heavy (non-hydrogen) atoms. The van der Waals surface area contributed by atoms with Crippen LogP contribution in [0.1, 0.15) is 46.3 Å². The Balaban J connectivity index is 2.16. The Labute approximate surface area is 112 Å². The molecule has 0 saturated carbocycles. The Morgan fingerprint density at radius 1 is 1.44 bits per heavy atom. The number of nitrogens with zero attached hydrogens (tertiary/aromatic N) is 1. The standard InChI is InChI=1S/C14H21NO2S/c1-10(9-16)15(2)14(17)13-8-11-6-4-3-5-7-12(11)18-13/h8,10,16H,3-7,9H2,1-2H3. The topological polar surface area (TPSA) is 40.5 Å². The van der Waals surface area contributed by atoms with Gasteiger partial charge in [-0.1, -0.05) is 6.42 Å². The predicted octanol–water partition coefficient (Wildman–Crippen LogP) is 2.47. The van der Waals surface area contributed by atoms with E-state index < -0.39 is 0 Å². The van der Waals surface area contributed by atoms with Crippen LogP contribution in [0.15, 0.2) is 6.07 Å². The van der Waals surface area contributed by atoms with Crippen molar-refractivity contribution in [2.75, 3.05) is 13.7 Å². The zero-order valence-electron chi connectivity index (χ0n) is 11.1. The smallest absolute Gasteiger partial charge is 0.263 e. The number of thiophene rings is 1. The second-order valence-corrected chi connectivity index (χ2v) is 6.20. The zero-order chi connectivity index (χ0) is 13.1. The van der Waals surface area contributed by atoms with E-state index in [9.17, 15) is 4.79 Å². The van der Waals surface area contributed by atoms with E-state index in [1.54, 1.807) is 23.3 Å². The predicted molar refractivity (Wildman–Crippen MR) is 74.2 cm³/mol. The number of hydrogen-bond acceptors (Lipinski definition) is 3. The summed E-state index contributed by atoms with van der Waals surface area (Å²) in [7, 11) is 1.76. The number of likely N-dealkylation sites (N-methyl/N-ethyl adjacent to an activating group) is 1. The fourth-order valence-electron chi connectivity index (χ4n) is 2.27. The van der Waals surface area contributed by atoms with E-state index in [1.165, 1.54) is 29.7 Å². The molecule has 0 spiro atoms. The average molecular weight is 267 g/mol. The fourth-order valence-corrected chi connectivity index (χ4v) is 3.51. The summed E-state index contributed by atoms with van der Waals surface area (Å²) in [6, 6.07) is 1.94. The van der Waals surface area contributed by atoms with Crippen LogP contribution < -0.4 is 0 Å². The van der Waals surface area contributed by atoms with Crippen molar-refractivity contribution >= 4 is 17.2 Å². The molecule has 1 aromatic heterocycles. The van der Waals surface area contributed by atoms with Gasteiger partial charge in [0, 0.05) is 11.9 Å². The molecule has 1 aliphatic carbocycles. The number of carbonyl (C=O) groups is 1. The minimum absolute atomic E-state index is 0.00727. The van der Waals surface area contributed by atoms with E-state index in [-0.39, 0.29) is 18.6 Å². The molecule has 1 unspecified atom stereocenters. The highest BCUT2D eigenvalue weighted by atomic mass is 32.1. The van der Waals surface area contributed by atoms with Crippen LogP contribution in [-0.2, 0) is 12.8 Å². The van der Waals surface area contributed by atoms with Gasteiger partial charge < -0.3 is 10.0 Å². The van der Waals surface area contributed by atoms with E-state index in [4.69, 9.17) is 5.11 Å². The van der Waals surface area contributed by atoms with E-state index >= 15 is 0 Å². The van der Waals surface area contributed by atoms with Gasteiger partial charge in [-0.15, -0.1) is 11.3 Å². The first kappa shape index (κ1) is 13.6. The lowest BCUT2D eigenvalue weighted by atomic mass is 10.1. The van der Waals surface area contributed by atoms with E-state index in [2.05, 4.69) is 6.07 Å².